The third-order valence-corrected chi connectivity index (χ3v) is 4.73. The van der Waals surface area contributed by atoms with Gasteiger partial charge >= 0.3 is 0 Å². The van der Waals surface area contributed by atoms with Gasteiger partial charge in [-0.15, -0.1) is 0 Å². The molecule has 0 saturated heterocycles. The molecule has 0 atom stereocenters. The summed E-state index contributed by atoms with van der Waals surface area (Å²) >= 11 is 0. The Morgan fingerprint density at radius 1 is 1.28 bits per heavy atom. The first-order chi connectivity index (χ1) is 14.0. The van der Waals surface area contributed by atoms with E-state index in [2.05, 4.69) is 9.97 Å². The molecule has 0 aliphatic carbocycles. The minimum absolute atomic E-state index is 0.176. The number of aromatic nitrogens is 2. The molecule has 0 bridgehead atoms. The van der Waals surface area contributed by atoms with Gasteiger partial charge in [-0.2, -0.15) is 5.26 Å². The fraction of sp³-hybridized carbons (Fsp3) is 0.0909. The fourth-order valence-electron chi connectivity index (χ4n) is 3.30. The number of carbonyl (C=O) groups is 1. The van der Waals surface area contributed by atoms with Gasteiger partial charge in [-0.3, -0.25) is 14.6 Å². The molecule has 0 saturated carbocycles. The fourth-order valence-corrected chi connectivity index (χ4v) is 3.30. The summed E-state index contributed by atoms with van der Waals surface area (Å²) in [4.78, 5) is 33.7. The zero-order chi connectivity index (χ0) is 20.5. The van der Waals surface area contributed by atoms with Gasteiger partial charge in [-0.1, -0.05) is 30.3 Å². The lowest BCUT2D eigenvalue weighted by atomic mass is 10.1. The van der Waals surface area contributed by atoms with E-state index in [0.717, 1.165) is 11.6 Å². The largest absolute Gasteiger partial charge is 0.358 e. The number of benzene rings is 2. The average Bonchev–Trinajstić information content (AvgIpc) is 2.73. The van der Waals surface area contributed by atoms with Crippen LogP contribution in [-0.4, -0.2) is 27.8 Å². The minimum atomic E-state index is -0.769. The minimum Gasteiger partial charge on any atom is -0.358 e. The lowest BCUT2D eigenvalue weighted by molar-refractivity contribution is 0.0785. The number of hydrogen-bond donors (Lipinski definition) is 1. The first kappa shape index (κ1) is 18.3. The number of nitrogens with zero attached hydrogens (tertiary/aromatic N) is 3. The second kappa shape index (κ2) is 7.17. The van der Waals surface area contributed by atoms with E-state index in [1.54, 1.807) is 24.1 Å². The maximum absolute atomic E-state index is 14.6. The monoisotopic (exact) mass is 386 g/mol. The van der Waals surface area contributed by atoms with Crippen LogP contribution in [0.25, 0.3) is 21.8 Å². The Kier molecular flexibility index (Phi) is 4.53. The molecule has 4 rings (SSSR count). The molecule has 0 radical (unpaired) electrons. The van der Waals surface area contributed by atoms with Crippen molar-refractivity contribution >= 4 is 27.7 Å². The summed E-state index contributed by atoms with van der Waals surface area (Å²) in [6, 6.07) is 14.0. The Balaban J connectivity index is 1.77. The van der Waals surface area contributed by atoms with Gasteiger partial charge in [0, 0.05) is 31.4 Å². The maximum atomic E-state index is 14.6. The van der Waals surface area contributed by atoms with Crippen molar-refractivity contribution in [3.05, 3.63) is 87.6 Å². The van der Waals surface area contributed by atoms with Crippen molar-refractivity contribution in [3.63, 3.8) is 0 Å². The number of halogens is 1. The van der Waals surface area contributed by atoms with Crippen molar-refractivity contribution in [1.82, 2.24) is 14.9 Å². The van der Waals surface area contributed by atoms with Crippen LogP contribution in [-0.2, 0) is 6.54 Å². The second-order valence-corrected chi connectivity index (χ2v) is 6.69. The van der Waals surface area contributed by atoms with E-state index < -0.39 is 11.2 Å². The molecule has 0 fully saturated rings. The average molecular weight is 386 g/mol. The van der Waals surface area contributed by atoms with E-state index in [1.807, 2.05) is 30.3 Å². The standard InChI is InChI=1S/C22H15FN4O2/c1-27(12-13-5-3-2-4-6-13)22(29)15-7-14-8-17(23)18-20(19(14)25-10-15)26-11-16(9-24)21(18)28/h2-8,10-11H,12H2,1H3,(H,26,28). The van der Waals surface area contributed by atoms with Crippen LogP contribution in [0.15, 0.2) is 59.7 Å². The summed E-state index contributed by atoms with van der Waals surface area (Å²) in [7, 11) is 1.68. The molecule has 4 aromatic rings. The first-order valence-electron chi connectivity index (χ1n) is 8.82. The molecule has 29 heavy (non-hydrogen) atoms. The lowest BCUT2D eigenvalue weighted by Gasteiger charge is -2.17. The molecule has 0 aliphatic rings. The van der Waals surface area contributed by atoms with Crippen molar-refractivity contribution in [2.45, 2.75) is 6.54 Å². The molecule has 7 heteroatoms. The van der Waals surface area contributed by atoms with Crippen LogP contribution in [0.4, 0.5) is 4.39 Å². The predicted molar refractivity (Wildman–Crippen MR) is 107 cm³/mol. The Bertz CT molecular complexity index is 1360. The number of pyridine rings is 2. The number of fused-ring (bicyclic) bond motifs is 3. The zero-order valence-corrected chi connectivity index (χ0v) is 15.4. The van der Waals surface area contributed by atoms with Gasteiger partial charge in [0.25, 0.3) is 5.91 Å². The van der Waals surface area contributed by atoms with E-state index in [1.165, 1.54) is 12.4 Å². The van der Waals surface area contributed by atoms with Crippen molar-refractivity contribution < 1.29 is 9.18 Å². The van der Waals surface area contributed by atoms with Crippen LogP contribution in [0.5, 0.6) is 0 Å². The number of carbonyl (C=O) groups excluding carboxylic acids is 1. The molecule has 1 amide bonds. The van der Waals surface area contributed by atoms with Gasteiger partial charge < -0.3 is 9.88 Å². The van der Waals surface area contributed by atoms with Crippen molar-refractivity contribution in [1.29, 1.82) is 5.26 Å². The quantitative estimate of drug-likeness (QED) is 0.547. The van der Waals surface area contributed by atoms with Crippen LogP contribution >= 0.6 is 0 Å². The van der Waals surface area contributed by atoms with Gasteiger partial charge in [0.1, 0.15) is 17.4 Å². The molecular formula is C22H15FN4O2. The van der Waals surface area contributed by atoms with Crippen LogP contribution in [0, 0.1) is 17.1 Å². The van der Waals surface area contributed by atoms with Gasteiger partial charge in [-0.05, 0) is 17.7 Å². The Morgan fingerprint density at radius 3 is 2.76 bits per heavy atom. The topological polar surface area (TPSA) is 89.8 Å². The molecule has 0 unspecified atom stereocenters. The van der Waals surface area contributed by atoms with Crippen LogP contribution in [0.1, 0.15) is 21.5 Å². The number of hydrogen-bond acceptors (Lipinski definition) is 4. The maximum Gasteiger partial charge on any atom is 0.255 e. The van der Waals surface area contributed by atoms with Gasteiger partial charge in [0.05, 0.1) is 22.0 Å². The van der Waals surface area contributed by atoms with Crippen LogP contribution in [0.2, 0.25) is 0 Å². The molecule has 142 valence electrons. The summed E-state index contributed by atoms with van der Waals surface area (Å²) in [5.74, 6) is -1.02. The number of nitriles is 1. The number of amides is 1. The van der Waals surface area contributed by atoms with Gasteiger partial charge in [0.15, 0.2) is 0 Å². The number of H-pyrrole nitrogens is 1. The molecule has 2 aromatic carbocycles. The Labute approximate surface area is 164 Å². The summed E-state index contributed by atoms with van der Waals surface area (Å²) in [5, 5.41) is 9.15. The number of nitrogens with one attached hydrogen (secondary N) is 1. The van der Waals surface area contributed by atoms with E-state index >= 15 is 0 Å². The summed E-state index contributed by atoms with van der Waals surface area (Å²) in [6.45, 7) is 0.425. The molecule has 0 aliphatic heterocycles. The van der Waals surface area contributed by atoms with E-state index in [4.69, 9.17) is 5.26 Å². The predicted octanol–water partition coefficient (Wildman–Crippen LogP) is 3.36. The summed E-state index contributed by atoms with van der Waals surface area (Å²) < 4.78 is 14.6. The normalized spacial score (nSPS) is 10.8. The number of rotatable bonds is 3. The molecule has 6 nitrogen and oxygen atoms in total. The SMILES string of the molecule is CN(Cc1ccccc1)C(=O)c1cnc2c(c1)cc(F)c1c(=O)c(C#N)c[nH]c12. The molecule has 2 heterocycles. The molecule has 1 N–H and O–H groups in total. The molecule has 2 aromatic heterocycles. The molecular weight excluding hydrogens is 371 g/mol. The van der Waals surface area contributed by atoms with E-state index in [-0.39, 0.29) is 22.4 Å². The van der Waals surface area contributed by atoms with Crippen molar-refractivity contribution in [2.75, 3.05) is 7.05 Å². The van der Waals surface area contributed by atoms with E-state index in [9.17, 15) is 14.0 Å². The summed E-state index contributed by atoms with van der Waals surface area (Å²) in [5.41, 5.74) is 0.979. The highest BCUT2D eigenvalue weighted by molar-refractivity contribution is 6.05. The van der Waals surface area contributed by atoms with Crippen LogP contribution < -0.4 is 5.43 Å². The van der Waals surface area contributed by atoms with Crippen molar-refractivity contribution in [3.8, 4) is 6.07 Å². The Morgan fingerprint density at radius 2 is 2.03 bits per heavy atom. The second-order valence-electron chi connectivity index (χ2n) is 6.69. The number of aromatic amines is 1. The van der Waals surface area contributed by atoms with Crippen molar-refractivity contribution in [2.24, 2.45) is 0 Å². The summed E-state index contributed by atoms with van der Waals surface area (Å²) in [6.07, 6.45) is 2.64. The van der Waals surface area contributed by atoms with E-state index in [0.29, 0.717) is 23.0 Å². The Hall–Kier alpha value is -4.05. The third kappa shape index (κ3) is 3.21. The highest BCUT2D eigenvalue weighted by Gasteiger charge is 2.17. The molecule has 0 spiro atoms. The zero-order valence-electron chi connectivity index (χ0n) is 15.4. The third-order valence-electron chi connectivity index (χ3n) is 4.73. The van der Waals surface area contributed by atoms with Gasteiger partial charge in [-0.25, -0.2) is 4.39 Å². The van der Waals surface area contributed by atoms with Crippen LogP contribution in [0.3, 0.4) is 0 Å². The smallest absolute Gasteiger partial charge is 0.255 e. The highest BCUT2D eigenvalue weighted by atomic mass is 19.1. The highest BCUT2D eigenvalue weighted by Crippen LogP contribution is 2.24. The lowest BCUT2D eigenvalue weighted by Crippen LogP contribution is -2.26. The first-order valence-corrected chi connectivity index (χ1v) is 8.82. The van der Waals surface area contributed by atoms with Gasteiger partial charge in [0.2, 0.25) is 5.43 Å².